The lowest BCUT2D eigenvalue weighted by Crippen LogP contribution is -1.94. The molecule has 0 amide bonds. The van der Waals surface area contributed by atoms with E-state index in [2.05, 4.69) is 20.2 Å². The second kappa shape index (κ2) is 3.83. The summed E-state index contributed by atoms with van der Waals surface area (Å²) in [7, 11) is 0. The van der Waals surface area contributed by atoms with Crippen LogP contribution in [0.15, 0.2) is 42.5 Å². The first kappa shape index (κ1) is 10.6. The maximum Gasteiger partial charge on any atom is 0.201 e. The third-order valence-electron chi connectivity index (χ3n) is 3.04. The van der Waals surface area contributed by atoms with Crippen LogP contribution in [0.4, 0.5) is 0 Å². The van der Waals surface area contributed by atoms with Crippen molar-refractivity contribution in [2.24, 2.45) is 0 Å². The Labute approximate surface area is 113 Å². The van der Waals surface area contributed by atoms with Crippen molar-refractivity contribution in [1.29, 1.82) is 0 Å². The number of aromatic nitrogens is 4. The molecule has 0 aliphatic carbocycles. The van der Waals surface area contributed by atoms with Crippen LogP contribution in [0.2, 0.25) is 5.02 Å². The minimum absolute atomic E-state index is 0.513. The summed E-state index contributed by atoms with van der Waals surface area (Å²) in [6, 6.07) is 13.3. The summed E-state index contributed by atoms with van der Waals surface area (Å²) in [4.78, 5) is 9.08. The van der Waals surface area contributed by atoms with Crippen molar-refractivity contribution in [2.45, 2.75) is 0 Å². The van der Waals surface area contributed by atoms with Crippen LogP contribution in [0.1, 0.15) is 0 Å². The zero-order valence-electron chi connectivity index (χ0n) is 9.71. The van der Waals surface area contributed by atoms with E-state index in [0.717, 1.165) is 21.9 Å². The number of hydrogen-bond acceptors (Lipinski definition) is 4. The van der Waals surface area contributed by atoms with Gasteiger partial charge >= 0.3 is 0 Å². The molecule has 4 nitrogen and oxygen atoms in total. The van der Waals surface area contributed by atoms with E-state index in [0.29, 0.717) is 16.2 Å². The number of rotatable bonds is 0. The summed E-state index contributed by atoms with van der Waals surface area (Å²) < 4.78 is 0. The fourth-order valence-electron chi connectivity index (χ4n) is 2.15. The summed E-state index contributed by atoms with van der Waals surface area (Å²) in [5.41, 5.74) is 3.49. The third kappa shape index (κ3) is 1.54. The molecule has 0 aliphatic rings. The Morgan fingerprint density at radius 1 is 0.737 bits per heavy atom. The highest BCUT2D eigenvalue weighted by molar-refractivity contribution is 6.35. The standard InChI is InChI=1S/C14H7ClN4/c15-9-5-3-7-11-13(9)17-14-12(16-11)8-4-1-2-6-10(8)18-19-14/h1-7H. The number of nitrogens with zero attached hydrogens (tertiary/aromatic N) is 4. The molecule has 19 heavy (non-hydrogen) atoms. The van der Waals surface area contributed by atoms with Crippen molar-refractivity contribution in [2.75, 3.05) is 0 Å². The molecule has 2 heterocycles. The molecule has 0 radical (unpaired) electrons. The van der Waals surface area contributed by atoms with E-state index in [1.165, 1.54) is 0 Å². The first-order valence-corrected chi connectivity index (χ1v) is 6.18. The fourth-order valence-corrected chi connectivity index (χ4v) is 2.36. The first-order valence-electron chi connectivity index (χ1n) is 5.80. The number of fused-ring (bicyclic) bond motifs is 4. The van der Waals surface area contributed by atoms with Gasteiger partial charge in [0.05, 0.1) is 16.1 Å². The summed E-state index contributed by atoms with van der Waals surface area (Å²) >= 11 is 6.12. The van der Waals surface area contributed by atoms with Gasteiger partial charge in [-0.2, -0.15) is 0 Å². The molecule has 4 aromatic rings. The summed E-state index contributed by atoms with van der Waals surface area (Å²) in [5.74, 6) is 0. The van der Waals surface area contributed by atoms with E-state index in [4.69, 9.17) is 11.6 Å². The van der Waals surface area contributed by atoms with Gasteiger partial charge in [-0.3, -0.25) is 0 Å². The summed E-state index contributed by atoms with van der Waals surface area (Å²) in [5, 5.41) is 9.79. The van der Waals surface area contributed by atoms with Gasteiger partial charge in [0.2, 0.25) is 5.65 Å². The van der Waals surface area contributed by atoms with Gasteiger partial charge in [-0.1, -0.05) is 35.9 Å². The Kier molecular flexibility index (Phi) is 2.13. The molecular formula is C14H7ClN4. The first-order chi connectivity index (χ1) is 9.33. The molecule has 4 rings (SSSR count). The van der Waals surface area contributed by atoms with Crippen LogP contribution in [-0.2, 0) is 0 Å². The number of hydrogen-bond donors (Lipinski definition) is 0. The van der Waals surface area contributed by atoms with Crippen molar-refractivity contribution in [3.63, 3.8) is 0 Å². The van der Waals surface area contributed by atoms with Crippen LogP contribution >= 0.6 is 11.6 Å². The largest absolute Gasteiger partial charge is 0.242 e. The second-order valence-corrected chi connectivity index (χ2v) is 4.63. The zero-order chi connectivity index (χ0) is 12.8. The van der Waals surface area contributed by atoms with Crippen molar-refractivity contribution < 1.29 is 0 Å². The molecule has 0 bridgehead atoms. The molecule has 90 valence electrons. The minimum atomic E-state index is 0.513. The van der Waals surface area contributed by atoms with Crippen molar-refractivity contribution in [3.8, 4) is 0 Å². The molecule has 2 aromatic carbocycles. The van der Waals surface area contributed by atoms with Crippen LogP contribution in [0.5, 0.6) is 0 Å². The van der Waals surface area contributed by atoms with Crippen LogP contribution in [0.3, 0.4) is 0 Å². The third-order valence-corrected chi connectivity index (χ3v) is 3.34. The predicted octanol–water partition coefficient (Wildman–Crippen LogP) is 3.38. The van der Waals surface area contributed by atoms with E-state index < -0.39 is 0 Å². The van der Waals surface area contributed by atoms with E-state index in [1.54, 1.807) is 6.07 Å². The SMILES string of the molecule is Clc1cccc2nc3c(nnc4ccccc43)nc12. The predicted molar refractivity (Wildman–Crippen MR) is 75.2 cm³/mol. The lowest BCUT2D eigenvalue weighted by Gasteiger charge is -2.03. The average molecular weight is 267 g/mol. The Hall–Kier alpha value is -2.33. The number of halogens is 1. The van der Waals surface area contributed by atoms with Gasteiger partial charge in [-0.05, 0) is 18.2 Å². The molecule has 0 unspecified atom stereocenters. The Bertz CT molecular complexity index is 936. The highest BCUT2D eigenvalue weighted by Gasteiger charge is 2.09. The molecule has 0 aliphatic heterocycles. The van der Waals surface area contributed by atoms with Gasteiger partial charge in [0.25, 0.3) is 0 Å². The Balaban J connectivity index is 2.26. The zero-order valence-corrected chi connectivity index (χ0v) is 10.5. The average Bonchev–Trinajstić information content (AvgIpc) is 2.46. The maximum atomic E-state index is 6.12. The Morgan fingerprint density at radius 3 is 2.53 bits per heavy atom. The van der Waals surface area contributed by atoms with Gasteiger partial charge in [0.15, 0.2) is 0 Å². The van der Waals surface area contributed by atoms with Gasteiger partial charge in [-0.25, -0.2) is 9.97 Å². The van der Waals surface area contributed by atoms with Gasteiger partial charge in [0, 0.05) is 5.39 Å². The van der Waals surface area contributed by atoms with Gasteiger partial charge in [-0.15, -0.1) is 10.2 Å². The van der Waals surface area contributed by atoms with Gasteiger partial charge < -0.3 is 0 Å². The quantitative estimate of drug-likeness (QED) is 0.362. The molecule has 0 saturated carbocycles. The normalized spacial score (nSPS) is 11.4. The molecule has 5 heteroatoms. The minimum Gasteiger partial charge on any atom is -0.242 e. The topological polar surface area (TPSA) is 51.6 Å². The lowest BCUT2D eigenvalue weighted by atomic mass is 10.2. The van der Waals surface area contributed by atoms with E-state index in [1.807, 2.05) is 36.4 Å². The van der Waals surface area contributed by atoms with Gasteiger partial charge in [0.1, 0.15) is 11.0 Å². The van der Waals surface area contributed by atoms with Crippen LogP contribution in [0.25, 0.3) is 33.1 Å². The van der Waals surface area contributed by atoms with Crippen LogP contribution in [-0.4, -0.2) is 20.2 Å². The van der Waals surface area contributed by atoms with E-state index in [9.17, 15) is 0 Å². The van der Waals surface area contributed by atoms with Crippen LogP contribution in [0, 0.1) is 0 Å². The molecule has 0 saturated heterocycles. The van der Waals surface area contributed by atoms with Crippen molar-refractivity contribution in [3.05, 3.63) is 47.5 Å². The number of para-hydroxylation sites is 1. The monoisotopic (exact) mass is 266 g/mol. The molecular weight excluding hydrogens is 260 g/mol. The van der Waals surface area contributed by atoms with E-state index >= 15 is 0 Å². The fraction of sp³-hybridized carbons (Fsp3) is 0. The molecule has 0 N–H and O–H groups in total. The maximum absolute atomic E-state index is 6.12. The highest BCUT2D eigenvalue weighted by atomic mass is 35.5. The van der Waals surface area contributed by atoms with E-state index in [-0.39, 0.29) is 0 Å². The van der Waals surface area contributed by atoms with Crippen LogP contribution < -0.4 is 0 Å². The lowest BCUT2D eigenvalue weighted by molar-refractivity contribution is 1.09. The Morgan fingerprint density at radius 2 is 1.58 bits per heavy atom. The summed E-state index contributed by atoms with van der Waals surface area (Å²) in [6.07, 6.45) is 0. The molecule has 0 spiro atoms. The number of benzene rings is 2. The van der Waals surface area contributed by atoms with Crippen molar-refractivity contribution in [1.82, 2.24) is 20.2 Å². The molecule has 0 atom stereocenters. The molecule has 2 aromatic heterocycles. The smallest absolute Gasteiger partial charge is 0.201 e. The second-order valence-electron chi connectivity index (χ2n) is 4.22. The highest BCUT2D eigenvalue weighted by Crippen LogP contribution is 2.24. The summed E-state index contributed by atoms with van der Waals surface area (Å²) in [6.45, 7) is 0. The van der Waals surface area contributed by atoms with Crippen molar-refractivity contribution >= 4 is 44.7 Å². The molecule has 0 fully saturated rings.